The minimum absolute atomic E-state index is 0. The Bertz CT molecular complexity index is 961. The molecule has 1 aromatic heterocycles. The maximum atomic E-state index is 12.1. The van der Waals surface area contributed by atoms with E-state index in [1.807, 2.05) is 42.5 Å². The molecule has 1 heterocycles. The SMILES string of the molecule is Cl.Cl.Nc1nc([C@H](O)C(=O)Nc2ccc(CCNCC(O)COc3ccccc3)cc2)cs1. The van der Waals surface area contributed by atoms with Crippen LogP contribution in [-0.4, -0.2) is 46.9 Å². The first kappa shape index (κ1) is 28.6. The van der Waals surface area contributed by atoms with Gasteiger partial charge in [0.2, 0.25) is 0 Å². The smallest absolute Gasteiger partial charge is 0.259 e. The van der Waals surface area contributed by atoms with Gasteiger partial charge < -0.3 is 31.3 Å². The summed E-state index contributed by atoms with van der Waals surface area (Å²) in [7, 11) is 0. The molecule has 180 valence electrons. The topological polar surface area (TPSA) is 130 Å². The van der Waals surface area contributed by atoms with E-state index in [1.54, 1.807) is 17.5 Å². The van der Waals surface area contributed by atoms with Crippen molar-refractivity contribution in [1.29, 1.82) is 0 Å². The number of carbonyl (C=O) groups is 1. The van der Waals surface area contributed by atoms with Gasteiger partial charge in [-0.1, -0.05) is 30.3 Å². The molecule has 0 saturated carbocycles. The lowest BCUT2D eigenvalue weighted by Crippen LogP contribution is -2.32. The van der Waals surface area contributed by atoms with E-state index in [1.165, 1.54) is 11.3 Å². The van der Waals surface area contributed by atoms with Gasteiger partial charge >= 0.3 is 0 Å². The van der Waals surface area contributed by atoms with Gasteiger partial charge in [-0.05, 0) is 42.8 Å². The molecule has 0 aliphatic heterocycles. The van der Waals surface area contributed by atoms with E-state index in [4.69, 9.17) is 10.5 Å². The van der Waals surface area contributed by atoms with Crippen LogP contribution in [0, 0.1) is 0 Å². The number of nitrogens with one attached hydrogen (secondary N) is 2. The van der Waals surface area contributed by atoms with Crippen molar-refractivity contribution in [1.82, 2.24) is 10.3 Å². The number of rotatable bonds is 11. The molecular weight excluding hydrogens is 487 g/mol. The number of nitrogens with two attached hydrogens (primary N) is 1. The number of carbonyl (C=O) groups excluding carboxylic acids is 1. The summed E-state index contributed by atoms with van der Waals surface area (Å²) in [5, 5.41) is 27.8. The third-order valence-electron chi connectivity index (χ3n) is 4.45. The van der Waals surface area contributed by atoms with Crippen LogP contribution in [-0.2, 0) is 11.2 Å². The Morgan fingerprint density at radius 3 is 2.42 bits per heavy atom. The fraction of sp³-hybridized carbons (Fsp3) is 0.273. The molecular formula is C22H28Cl2N4O4S. The van der Waals surface area contributed by atoms with Crippen LogP contribution in [0.15, 0.2) is 60.0 Å². The Morgan fingerprint density at radius 1 is 1.09 bits per heavy atom. The number of hydrogen-bond acceptors (Lipinski definition) is 8. The predicted molar refractivity (Wildman–Crippen MR) is 136 cm³/mol. The molecule has 11 heteroatoms. The number of thiazole rings is 1. The molecule has 0 radical (unpaired) electrons. The molecule has 2 aromatic carbocycles. The first-order valence-corrected chi connectivity index (χ1v) is 10.7. The fourth-order valence-corrected chi connectivity index (χ4v) is 3.38. The number of benzene rings is 2. The van der Waals surface area contributed by atoms with Crippen molar-refractivity contribution in [3.8, 4) is 5.75 Å². The van der Waals surface area contributed by atoms with Crippen LogP contribution in [0.4, 0.5) is 10.8 Å². The summed E-state index contributed by atoms with van der Waals surface area (Å²) in [4.78, 5) is 16.1. The lowest BCUT2D eigenvalue weighted by atomic mass is 10.1. The van der Waals surface area contributed by atoms with Crippen molar-refractivity contribution in [2.45, 2.75) is 18.6 Å². The number of nitrogen functional groups attached to an aromatic ring is 1. The average molecular weight is 515 g/mol. The van der Waals surface area contributed by atoms with Crippen molar-refractivity contribution in [3.63, 3.8) is 0 Å². The second kappa shape index (κ2) is 14.7. The van der Waals surface area contributed by atoms with Crippen LogP contribution in [0.25, 0.3) is 0 Å². The van der Waals surface area contributed by atoms with E-state index in [2.05, 4.69) is 15.6 Å². The first-order chi connectivity index (χ1) is 15.0. The van der Waals surface area contributed by atoms with E-state index in [9.17, 15) is 15.0 Å². The second-order valence-corrected chi connectivity index (χ2v) is 7.82. The van der Waals surface area contributed by atoms with Gasteiger partial charge in [-0.2, -0.15) is 0 Å². The molecule has 0 aliphatic rings. The van der Waals surface area contributed by atoms with Crippen LogP contribution in [0.2, 0.25) is 0 Å². The Hall–Kier alpha value is -2.40. The largest absolute Gasteiger partial charge is 0.491 e. The second-order valence-electron chi connectivity index (χ2n) is 6.93. The summed E-state index contributed by atoms with van der Waals surface area (Å²) in [5.74, 6) is 0.170. The molecule has 0 aliphatic carbocycles. The van der Waals surface area contributed by atoms with Gasteiger partial charge in [0.1, 0.15) is 18.5 Å². The van der Waals surface area contributed by atoms with Crippen LogP contribution in [0.3, 0.4) is 0 Å². The van der Waals surface area contributed by atoms with E-state index in [-0.39, 0.29) is 37.1 Å². The standard InChI is InChI=1S/C22H26N4O4S.2ClH/c23-22-26-19(14-31-22)20(28)21(29)25-16-8-6-15(7-9-16)10-11-24-12-17(27)13-30-18-4-2-1-3-5-18;;/h1-9,14,17,20,24,27-28H,10-13H2,(H2,23,26)(H,25,29);2*1H/t17?,20-;;/m0../s1. The number of nitrogens with zero attached hydrogens (tertiary/aromatic N) is 1. The molecule has 2 atom stereocenters. The zero-order valence-corrected chi connectivity index (χ0v) is 20.2. The van der Waals surface area contributed by atoms with Crippen molar-refractivity contribution < 1.29 is 19.7 Å². The normalized spacial score (nSPS) is 12.1. The van der Waals surface area contributed by atoms with Gasteiger partial charge in [0.15, 0.2) is 11.2 Å². The quantitative estimate of drug-likeness (QED) is 0.248. The Morgan fingerprint density at radius 2 is 1.79 bits per heavy atom. The number of aliphatic hydroxyl groups excluding tert-OH is 2. The lowest BCUT2D eigenvalue weighted by Gasteiger charge is -2.13. The summed E-state index contributed by atoms with van der Waals surface area (Å²) < 4.78 is 5.52. The monoisotopic (exact) mass is 514 g/mol. The van der Waals surface area contributed by atoms with Gasteiger partial charge in [-0.3, -0.25) is 4.79 Å². The van der Waals surface area contributed by atoms with Crippen molar-refractivity contribution in [3.05, 3.63) is 71.2 Å². The van der Waals surface area contributed by atoms with Gasteiger partial charge in [0, 0.05) is 17.6 Å². The van der Waals surface area contributed by atoms with E-state index in [0.717, 1.165) is 17.7 Å². The van der Waals surface area contributed by atoms with Crippen molar-refractivity contribution >= 4 is 52.9 Å². The molecule has 0 spiro atoms. The summed E-state index contributed by atoms with van der Waals surface area (Å²) in [5.41, 5.74) is 7.42. The maximum absolute atomic E-state index is 12.1. The summed E-state index contributed by atoms with van der Waals surface area (Å²) in [6.45, 7) is 1.35. The molecule has 8 nitrogen and oxygen atoms in total. The number of ether oxygens (including phenoxy) is 1. The van der Waals surface area contributed by atoms with Gasteiger partial charge in [-0.15, -0.1) is 36.2 Å². The number of hydrogen-bond donors (Lipinski definition) is 5. The van der Waals surface area contributed by atoms with Gasteiger partial charge in [-0.25, -0.2) is 4.98 Å². The van der Waals surface area contributed by atoms with Gasteiger partial charge in [0.25, 0.3) is 5.91 Å². The minimum atomic E-state index is -1.37. The number of halogens is 2. The van der Waals surface area contributed by atoms with Crippen LogP contribution in [0.5, 0.6) is 5.75 Å². The number of anilines is 2. The molecule has 1 unspecified atom stereocenters. The summed E-state index contributed by atoms with van der Waals surface area (Å²) in [6, 6.07) is 16.7. The number of aromatic nitrogens is 1. The first-order valence-electron chi connectivity index (χ1n) is 9.86. The Balaban J connectivity index is 0.00000272. The van der Waals surface area contributed by atoms with Crippen LogP contribution in [0.1, 0.15) is 17.4 Å². The number of aliphatic hydroxyl groups is 2. The molecule has 3 aromatic rings. The highest BCUT2D eigenvalue weighted by Crippen LogP contribution is 2.20. The summed E-state index contributed by atoms with van der Waals surface area (Å²) in [6.07, 6.45) is -1.20. The van der Waals surface area contributed by atoms with Gasteiger partial charge in [0.05, 0.1) is 5.69 Å². The highest BCUT2D eigenvalue weighted by molar-refractivity contribution is 7.13. The Labute approximate surface area is 209 Å². The average Bonchev–Trinajstić information content (AvgIpc) is 3.22. The lowest BCUT2D eigenvalue weighted by molar-refractivity contribution is -0.124. The highest BCUT2D eigenvalue weighted by Gasteiger charge is 2.20. The van der Waals surface area contributed by atoms with E-state index >= 15 is 0 Å². The molecule has 0 fully saturated rings. The maximum Gasteiger partial charge on any atom is 0.259 e. The number of amides is 1. The van der Waals surface area contributed by atoms with E-state index < -0.39 is 18.1 Å². The molecule has 1 amide bonds. The van der Waals surface area contributed by atoms with Crippen molar-refractivity contribution in [2.24, 2.45) is 0 Å². The Kier molecular flexibility index (Phi) is 12.7. The third kappa shape index (κ3) is 9.55. The summed E-state index contributed by atoms with van der Waals surface area (Å²) >= 11 is 1.17. The predicted octanol–water partition coefficient (Wildman–Crippen LogP) is 2.81. The zero-order valence-electron chi connectivity index (χ0n) is 17.7. The van der Waals surface area contributed by atoms with Crippen LogP contribution >= 0.6 is 36.2 Å². The zero-order chi connectivity index (χ0) is 22.1. The molecule has 33 heavy (non-hydrogen) atoms. The van der Waals surface area contributed by atoms with Crippen LogP contribution < -0.4 is 21.1 Å². The number of para-hydroxylation sites is 1. The highest BCUT2D eigenvalue weighted by atomic mass is 35.5. The third-order valence-corrected chi connectivity index (χ3v) is 5.14. The fourth-order valence-electron chi connectivity index (χ4n) is 2.80. The molecule has 0 bridgehead atoms. The van der Waals surface area contributed by atoms with Crippen molar-refractivity contribution in [2.75, 3.05) is 30.7 Å². The molecule has 3 rings (SSSR count). The minimum Gasteiger partial charge on any atom is -0.491 e. The van der Waals surface area contributed by atoms with E-state index in [0.29, 0.717) is 23.9 Å². The molecule has 0 saturated heterocycles. The molecule has 6 N–H and O–H groups in total.